The Kier molecular flexibility index (Phi) is 4.56. The third kappa shape index (κ3) is 3.28. The van der Waals surface area contributed by atoms with Crippen LogP contribution in [0.25, 0.3) is 10.2 Å². The summed E-state index contributed by atoms with van der Waals surface area (Å²) in [5, 5.41) is 0. The molecule has 1 aromatic carbocycles. The molecule has 0 bridgehead atoms. The predicted molar refractivity (Wildman–Crippen MR) is 109 cm³/mol. The van der Waals surface area contributed by atoms with Crippen LogP contribution in [-0.2, 0) is 37.8 Å². The molecule has 142 valence electrons. The number of hydrogen-bond acceptors (Lipinski definition) is 4. The van der Waals surface area contributed by atoms with Crippen molar-refractivity contribution in [1.82, 2.24) is 9.13 Å². The molecule has 0 radical (unpaired) electrons. The van der Waals surface area contributed by atoms with Gasteiger partial charge in [0.15, 0.2) is 0 Å². The van der Waals surface area contributed by atoms with Crippen LogP contribution in [0.3, 0.4) is 0 Å². The van der Waals surface area contributed by atoms with Gasteiger partial charge in [0.1, 0.15) is 4.70 Å². The SMILES string of the molecule is Cn1c(=O)c2sc3c(c2n(CCCc2ccccc2)c1=O)COC(C)(C)C3. The molecule has 0 spiro atoms. The van der Waals surface area contributed by atoms with Crippen LogP contribution in [0, 0.1) is 0 Å². The highest BCUT2D eigenvalue weighted by Crippen LogP contribution is 2.37. The third-order valence-corrected chi connectivity index (χ3v) is 6.44. The normalized spacial score (nSPS) is 15.8. The number of ether oxygens (including phenoxy) is 1. The largest absolute Gasteiger partial charge is 0.370 e. The number of fused-ring (bicyclic) bond motifs is 3. The molecule has 27 heavy (non-hydrogen) atoms. The number of nitrogens with zero attached hydrogens (tertiary/aromatic N) is 2. The van der Waals surface area contributed by atoms with Crippen molar-refractivity contribution in [1.29, 1.82) is 0 Å². The summed E-state index contributed by atoms with van der Waals surface area (Å²) in [7, 11) is 1.57. The van der Waals surface area contributed by atoms with E-state index < -0.39 is 0 Å². The number of aryl methyl sites for hydroxylation is 2. The predicted octanol–water partition coefficient (Wildman–Crippen LogP) is 3.25. The van der Waals surface area contributed by atoms with Crippen molar-refractivity contribution in [3.8, 4) is 0 Å². The second-order valence-corrected chi connectivity index (χ2v) is 8.90. The van der Waals surface area contributed by atoms with Gasteiger partial charge < -0.3 is 4.74 Å². The van der Waals surface area contributed by atoms with Crippen LogP contribution in [0.1, 0.15) is 36.3 Å². The number of aromatic nitrogens is 2. The summed E-state index contributed by atoms with van der Waals surface area (Å²) in [6.07, 6.45) is 2.50. The minimum atomic E-state index is -0.244. The Balaban J connectivity index is 1.76. The Morgan fingerprint density at radius 1 is 1.19 bits per heavy atom. The molecule has 0 unspecified atom stereocenters. The Labute approximate surface area is 161 Å². The van der Waals surface area contributed by atoms with E-state index in [0.717, 1.165) is 30.3 Å². The van der Waals surface area contributed by atoms with Gasteiger partial charge in [-0.15, -0.1) is 11.3 Å². The molecule has 0 fully saturated rings. The minimum absolute atomic E-state index is 0.202. The summed E-state index contributed by atoms with van der Waals surface area (Å²) < 4.78 is 9.66. The van der Waals surface area contributed by atoms with Gasteiger partial charge in [0.2, 0.25) is 0 Å². The van der Waals surface area contributed by atoms with Crippen molar-refractivity contribution >= 4 is 21.6 Å². The van der Waals surface area contributed by atoms with Crippen LogP contribution < -0.4 is 11.2 Å². The van der Waals surface area contributed by atoms with E-state index in [9.17, 15) is 9.59 Å². The maximum absolute atomic E-state index is 12.8. The zero-order valence-corrected chi connectivity index (χ0v) is 16.8. The first-order chi connectivity index (χ1) is 12.9. The topological polar surface area (TPSA) is 53.2 Å². The zero-order chi connectivity index (χ0) is 19.2. The molecule has 2 aromatic heterocycles. The van der Waals surface area contributed by atoms with Gasteiger partial charge in [-0.1, -0.05) is 30.3 Å². The van der Waals surface area contributed by atoms with Gasteiger partial charge >= 0.3 is 5.69 Å². The van der Waals surface area contributed by atoms with Gasteiger partial charge in [0, 0.05) is 30.5 Å². The van der Waals surface area contributed by atoms with Crippen LogP contribution in [0.5, 0.6) is 0 Å². The summed E-state index contributed by atoms with van der Waals surface area (Å²) in [5.74, 6) is 0. The molecule has 0 aliphatic carbocycles. The lowest BCUT2D eigenvalue weighted by Gasteiger charge is -2.30. The molecule has 3 aromatic rings. The standard InChI is InChI=1S/C21H24N2O3S/c1-21(2)12-16-15(13-26-21)17-18(27-16)19(24)22(3)20(25)23(17)11-7-10-14-8-5-4-6-9-14/h4-6,8-9H,7,10-13H2,1-3H3. The first-order valence-electron chi connectivity index (χ1n) is 9.29. The van der Waals surface area contributed by atoms with Gasteiger partial charge in [-0.05, 0) is 32.3 Å². The molecule has 0 saturated heterocycles. The fraction of sp³-hybridized carbons (Fsp3) is 0.429. The van der Waals surface area contributed by atoms with E-state index in [1.165, 1.54) is 26.3 Å². The zero-order valence-electron chi connectivity index (χ0n) is 15.9. The molecule has 5 nitrogen and oxygen atoms in total. The number of rotatable bonds is 4. The first-order valence-corrected chi connectivity index (χ1v) is 10.1. The molecule has 0 N–H and O–H groups in total. The second kappa shape index (κ2) is 6.77. The molecule has 6 heteroatoms. The van der Waals surface area contributed by atoms with Crippen molar-refractivity contribution < 1.29 is 4.74 Å². The maximum Gasteiger partial charge on any atom is 0.331 e. The van der Waals surface area contributed by atoms with Gasteiger partial charge in [-0.25, -0.2) is 4.79 Å². The molecule has 0 amide bonds. The summed E-state index contributed by atoms with van der Waals surface area (Å²) >= 11 is 1.52. The summed E-state index contributed by atoms with van der Waals surface area (Å²) in [6.45, 7) is 5.16. The Hall–Kier alpha value is -2.18. The van der Waals surface area contributed by atoms with Crippen LogP contribution in [0.15, 0.2) is 39.9 Å². The summed E-state index contributed by atoms with van der Waals surface area (Å²) in [4.78, 5) is 26.7. The number of hydrogen-bond donors (Lipinski definition) is 0. The quantitative estimate of drug-likeness (QED) is 0.694. The maximum atomic E-state index is 12.8. The third-order valence-electron chi connectivity index (χ3n) is 5.23. The number of thiophene rings is 1. The lowest BCUT2D eigenvalue weighted by molar-refractivity contribution is -0.0384. The van der Waals surface area contributed by atoms with Crippen molar-refractivity contribution in [2.75, 3.05) is 0 Å². The summed E-state index contributed by atoms with van der Waals surface area (Å²) in [5.41, 5.74) is 2.37. The van der Waals surface area contributed by atoms with E-state index in [0.29, 0.717) is 17.9 Å². The van der Waals surface area contributed by atoms with Crippen LogP contribution in [0.2, 0.25) is 0 Å². The van der Waals surface area contributed by atoms with Crippen LogP contribution in [0.4, 0.5) is 0 Å². The average Bonchev–Trinajstić information content (AvgIpc) is 3.01. The fourth-order valence-corrected chi connectivity index (χ4v) is 5.24. The molecule has 1 aliphatic heterocycles. The van der Waals surface area contributed by atoms with Gasteiger partial charge in [0.05, 0.1) is 17.7 Å². The smallest absolute Gasteiger partial charge is 0.331 e. The molecule has 1 aliphatic rings. The molecular formula is C21H24N2O3S. The molecular weight excluding hydrogens is 360 g/mol. The van der Waals surface area contributed by atoms with Crippen molar-refractivity contribution in [2.45, 2.75) is 51.9 Å². The van der Waals surface area contributed by atoms with Crippen molar-refractivity contribution in [2.24, 2.45) is 7.05 Å². The lowest BCUT2D eigenvalue weighted by Crippen LogP contribution is -2.38. The summed E-state index contributed by atoms with van der Waals surface area (Å²) in [6, 6.07) is 10.3. The highest BCUT2D eigenvalue weighted by atomic mass is 32.1. The van der Waals surface area contributed by atoms with Crippen molar-refractivity contribution in [3.63, 3.8) is 0 Å². The van der Waals surface area contributed by atoms with Gasteiger partial charge in [-0.2, -0.15) is 0 Å². The fourth-order valence-electron chi connectivity index (χ4n) is 3.74. The molecule has 4 rings (SSSR count). The van der Waals surface area contributed by atoms with E-state index in [-0.39, 0.29) is 16.9 Å². The Morgan fingerprint density at radius 3 is 2.67 bits per heavy atom. The number of benzene rings is 1. The monoisotopic (exact) mass is 384 g/mol. The second-order valence-electron chi connectivity index (χ2n) is 7.79. The molecule has 0 saturated carbocycles. The van der Waals surface area contributed by atoms with E-state index >= 15 is 0 Å². The Morgan fingerprint density at radius 2 is 1.93 bits per heavy atom. The molecule has 3 heterocycles. The Bertz CT molecular complexity index is 1110. The van der Waals surface area contributed by atoms with E-state index in [2.05, 4.69) is 26.0 Å². The van der Waals surface area contributed by atoms with E-state index in [1.54, 1.807) is 11.6 Å². The van der Waals surface area contributed by atoms with E-state index in [1.807, 2.05) is 18.2 Å². The first kappa shape index (κ1) is 18.2. The molecule has 0 atom stereocenters. The average molecular weight is 385 g/mol. The minimum Gasteiger partial charge on any atom is -0.370 e. The van der Waals surface area contributed by atoms with Gasteiger partial charge in [0.25, 0.3) is 5.56 Å². The highest BCUT2D eigenvalue weighted by molar-refractivity contribution is 7.19. The lowest BCUT2D eigenvalue weighted by atomic mass is 9.98. The van der Waals surface area contributed by atoms with Crippen LogP contribution in [-0.4, -0.2) is 14.7 Å². The van der Waals surface area contributed by atoms with Crippen molar-refractivity contribution in [3.05, 3.63) is 67.2 Å². The van der Waals surface area contributed by atoms with Crippen LogP contribution >= 0.6 is 11.3 Å². The van der Waals surface area contributed by atoms with Gasteiger partial charge in [-0.3, -0.25) is 13.9 Å². The van der Waals surface area contributed by atoms with E-state index in [4.69, 9.17) is 4.74 Å². The highest BCUT2D eigenvalue weighted by Gasteiger charge is 2.31.